The molecule has 0 heterocycles. The monoisotopic (exact) mass is 458 g/mol. The first-order valence-electron chi connectivity index (χ1n) is 7.31. The zero-order chi connectivity index (χ0) is 19.7. The normalized spacial score (nSPS) is 13.9. The fraction of sp³-hybridized carbons (Fsp3) is 1.00. The summed E-state index contributed by atoms with van der Waals surface area (Å²) in [6.45, 7) is -3.90. The highest BCUT2D eigenvalue weighted by Gasteiger charge is 2.71. The van der Waals surface area contributed by atoms with E-state index in [1.807, 2.05) is 0 Å². The molecule has 0 fully saturated rings. The van der Waals surface area contributed by atoms with Crippen LogP contribution in [0, 0.1) is 0 Å². The number of nitrogens with zero attached hydrogens (tertiary/aromatic N) is 2. The Morgan fingerprint density at radius 2 is 0.760 bits per heavy atom. The fourth-order valence-corrected chi connectivity index (χ4v) is 3.00. The second kappa shape index (κ2) is 11.5. The van der Waals surface area contributed by atoms with Crippen molar-refractivity contribution in [1.82, 2.24) is 9.80 Å². The maximum absolute atomic E-state index is 14.0. The molecule has 0 radical (unpaired) electrons. The highest BCUT2D eigenvalue weighted by atomic mass is 35.5. The third-order valence-electron chi connectivity index (χ3n) is 3.37. The smallest absolute Gasteiger partial charge is 0.295 e. The van der Waals surface area contributed by atoms with E-state index in [4.69, 9.17) is 46.4 Å². The molecule has 0 aliphatic rings. The SMILES string of the molecule is FC(F)(CN(CCCl)CCCl)C(F)(F)C(F)(F)CN(CCCl)CCCl. The number of halogens is 10. The van der Waals surface area contributed by atoms with Gasteiger partial charge in [-0.1, -0.05) is 0 Å². The van der Waals surface area contributed by atoms with Crippen LogP contribution in [0.1, 0.15) is 0 Å². The quantitative estimate of drug-likeness (QED) is 0.279. The lowest BCUT2D eigenvalue weighted by molar-refractivity contribution is -0.314. The van der Waals surface area contributed by atoms with Crippen LogP contribution in [-0.2, 0) is 0 Å². The zero-order valence-corrected chi connectivity index (χ0v) is 16.3. The molecular weight excluding hydrogens is 440 g/mol. The predicted molar refractivity (Wildman–Crippen MR) is 90.6 cm³/mol. The van der Waals surface area contributed by atoms with Gasteiger partial charge in [0, 0.05) is 49.7 Å². The molecule has 0 aliphatic heterocycles. The van der Waals surface area contributed by atoms with Crippen LogP contribution in [0.3, 0.4) is 0 Å². The number of hydrogen-bond acceptors (Lipinski definition) is 2. The van der Waals surface area contributed by atoms with E-state index in [0.29, 0.717) is 0 Å². The van der Waals surface area contributed by atoms with Gasteiger partial charge in [0.2, 0.25) is 0 Å². The number of alkyl halides is 10. The van der Waals surface area contributed by atoms with Crippen LogP contribution in [0.5, 0.6) is 0 Å². The summed E-state index contributed by atoms with van der Waals surface area (Å²) in [6, 6.07) is 0. The highest BCUT2D eigenvalue weighted by Crippen LogP contribution is 2.46. The van der Waals surface area contributed by atoms with Gasteiger partial charge in [0.15, 0.2) is 0 Å². The molecule has 0 aromatic rings. The predicted octanol–water partition coefficient (Wildman–Crippen LogP) is 4.45. The van der Waals surface area contributed by atoms with Crippen LogP contribution in [0.25, 0.3) is 0 Å². The molecular formula is C13H20Cl4F6N2. The molecule has 0 atom stereocenters. The third kappa shape index (κ3) is 7.66. The van der Waals surface area contributed by atoms with Gasteiger partial charge in [0.25, 0.3) is 0 Å². The van der Waals surface area contributed by atoms with Crippen molar-refractivity contribution in [3.63, 3.8) is 0 Å². The summed E-state index contributed by atoms with van der Waals surface area (Å²) in [5, 5.41) is 0. The Labute approximate surface area is 163 Å². The van der Waals surface area contributed by atoms with Crippen LogP contribution >= 0.6 is 46.4 Å². The Hall–Kier alpha value is 0.660. The minimum absolute atomic E-state index is 0.131. The molecule has 0 aliphatic carbocycles. The van der Waals surface area contributed by atoms with Gasteiger partial charge in [-0.05, 0) is 0 Å². The van der Waals surface area contributed by atoms with Gasteiger partial charge in [0.05, 0.1) is 13.1 Å². The van der Waals surface area contributed by atoms with Crippen LogP contribution in [0.4, 0.5) is 26.3 Å². The molecule has 25 heavy (non-hydrogen) atoms. The summed E-state index contributed by atoms with van der Waals surface area (Å²) in [5.74, 6) is -16.1. The lowest BCUT2D eigenvalue weighted by atomic mass is 10.0. The maximum Gasteiger partial charge on any atom is 0.374 e. The van der Waals surface area contributed by atoms with E-state index in [1.165, 1.54) is 0 Å². The van der Waals surface area contributed by atoms with Crippen molar-refractivity contribution >= 4 is 46.4 Å². The Morgan fingerprint density at radius 3 is 0.960 bits per heavy atom. The molecule has 152 valence electrons. The van der Waals surface area contributed by atoms with Crippen LogP contribution in [0.2, 0.25) is 0 Å². The van der Waals surface area contributed by atoms with Crippen molar-refractivity contribution in [2.24, 2.45) is 0 Å². The average Bonchev–Trinajstić information content (AvgIpc) is 2.47. The first kappa shape index (κ1) is 25.7. The van der Waals surface area contributed by atoms with Gasteiger partial charge in [0.1, 0.15) is 0 Å². The summed E-state index contributed by atoms with van der Waals surface area (Å²) in [5.41, 5.74) is 0. The van der Waals surface area contributed by atoms with E-state index in [1.54, 1.807) is 0 Å². The third-order valence-corrected chi connectivity index (χ3v) is 4.04. The van der Waals surface area contributed by atoms with Crippen molar-refractivity contribution < 1.29 is 26.3 Å². The van der Waals surface area contributed by atoms with Gasteiger partial charge < -0.3 is 0 Å². The van der Waals surface area contributed by atoms with E-state index in [-0.39, 0.29) is 49.7 Å². The highest BCUT2D eigenvalue weighted by molar-refractivity contribution is 6.18. The van der Waals surface area contributed by atoms with E-state index in [2.05, 4.69) is 0 Å². The van der Waals surface area contributed by atoms with Crippen molar-refractivity contribution in [2.75, 3.05) is 62.8 Å². The lowest BCUT2D eigenvalue weighted by Crippen LogP contribution is -2.62. The minimum Gasteiger partial charge on any atom is -0.295 e. The van der Waals surface area contributed by atoms with Gasteiger partial charge in [-0.15, -0.1) is 46.4 Å². The van der Waals surface area contributed by atoms with E-state index >= 15 is 0 Å². The summed E-state index contributed by atoms with van der Waals surface area (Å²) in [6.07, 6.45) is 0. The molecule has 0 spiro atoms. The summed E-state index contributed by atoms with van der Waals surface area (Å²) >= 11 is 21.6. The van der Waals surface area contributed by atoms with Crippen molar-refractivity contribution in [2.45, 2.75) is 17.8 Å². The fourth-order valence-electron chi connectivity index (χ4n) is 2.05. The molecule has 0 saturated heterocycles. The summed E-state index contributed by atoms with van der Waals surface area (Å²) in [4.78, 5) is 1.64. The summed E-state index contributed by atoms with van der Waals surface area (Å²) < 4.78 is 83.9. The van der Waals surface area contributed by atoms with Gasteiger partial charge in [-0.25, -0.2) is 0 Å². The number of rotatable bonds is 14. The molecule has 0 aromatic heterocycles. The Kier molecular flexibility index (Phi) is 11.8. The molecule has 0 saturated carbocycles. The standard InChI is InChI=1S/C13H20Cl4F6N2/c14-1-5-24(6-2-15)9-11(18,19)13(22,23)12(20,21)10-25(7-3-16)8-4-17/h1-10H2. The molecule has 0 amide bonds. The largest absolute Gasteiger partial charge is 0.374 e. The molecule has 12 heteroatoms. The zero-order valence-electron chi connectivity index (χ0n) is 13.2. The second-order valence-corrected chi connectivity index (χ2v) is 6.80. The Bertz CT molecular complexity index is 332. The maximum atomic E-state index is 14.0. The van der Waals surface area contributed by atoms with E-state index in [9.17, 15) is 26.3 Å². The molecule has 0 bridgehead atoms. The van der Waals surface area contributed by atoms with E-state index < -0.39 is 30.9 Å². The van der Waals surface area contributed by atoms with Crippen molar-refractivity contribution in [1.29, 1.82) is 0 Å². The number of hydrogen-bond donors (Lipinski definition) is 0. The van der Waals surface area contributed by atoms with Crippen LogP contribution < -0.4 is 0 Å². The topological polar surface area (TPSA) is 6.48 Å². The lowest BCUT2D eigenvalue weighted by Gasteiger charge is -2.37. The molecule has 0 unspecified atom stereocenters. The van der Waals surface area contributed by atoms with Crippen molar-refractivity contribution in [3.8, 4) is 0 Å². The second-order valence-electron chi connectivity index (χ2n) is 5.29. The first-order valence-corrected chi connectivity index (χ1v) is 9.45. The molecule has 2 nitrogen and oxygen atoms in total. The van der Waals surface area contributed by atoms with Gasteiger partial charge in [-0.2, -0.15) is 26.3 Å². The van der Waals surface area contributed by atoms with Gasteiger partial charge in [-0.3, -0.25) is 9.80 Å². The van der Waals surface area contributed by atoms with E-state index in [0.717, 1.165) is 9.80 Å². The molecule has 0 aromatic carbocycles. The Balaban J connectivity index is 5.29. The summed E-state index contributed by atoms with van der Waals surface area (Å²) in [7, 11) is 0. The Morgan fingerprint density at radius 1 is 0.520 bits per heavy atom. The molecule has 0 rings (SSSR count). The minimum atomic E-state index is -5.58. The van der Waals surface area contributed by atoms with Gasteiger partial charge >= 0.3 is 17.8 Å². The van der Waals surface area contributed by atoms with Crippen LogP contribution in [0.15, 0.2) is 0 Å². The molecule has 0 N–H and O–H groups in total. The average molecular weight is 460 g/mol. The van der Waals surface area contributed by atoms with Crippen LogP contribution in [-0.4, -0.2) is 90.4 Å². The first-order chi connectivity index (χ1) is 11.5. The van der Waals surface area contributed by atoms with Crippen molar-refractivity contribution in [3.05, 3.63) is 0 Å².